The summed E-state index contributed by atoms with van der Waals surface area (Å²) < 4.78 is 5.48. The number of benzene rings is 1. The normalized spacial score (nSPS) is 9.62. The molecule has 0 heterocycles. The van der Waals surface area contributed by atoms with Crippen molar-refractivity contribution in [2.75, 3.05) is 6.61 Å². The predicted molar refractivity (Wildman–Crippen MR) is 62.7 cm³/mol. The first kappa shape index (κ1) is 12.7. The zero-order valence-corrected chi connectivity index (χ0v) is 10.4. The van der Waals surface area contributed by atoms with E-state index in [0.717, 1.165) is 0 Å². The number of esters is 1. The van der Waals surface area contributed by atoms with Gasteiger partial charge in [0.1, 0.15) is 0 Å². The number of rotatable bonds is 3. The number of ether oxygens (including phenoxy) is 1. The quantitative estimate of drug-likeness (QED) is 0.860. The minimum absolute atomic E-state index is 0.252. The molecule has 1 aromatic carbocycles. The number of carbonyl (C=O) groups is 1. The van der Waals surface area contributed by atoms with Gasteiger partial charge in [-0.05, 0) is 40.5 Å². The van der Waals surface area contributed by atoms with Crippen molar-refractivity contribution < 1.29 is 9.53 Å². The van der Waals surface area contributed by atoms with Crippen LogP contribution in [0, 0.1) is 11.3 Å². The van der Waals surface area contributed by atoms with Crippen LogP contribution >= 0.6 is 15.9 Å². The SMILES string of the molecule is CCOC(=O)c1cc(C#N)cc(CN)c1Br. The molecular formula is C11H11BrN2O2. The van der Waals surface area contributed by atoms with E-state index in [2.05, 4.69) is 15.9 Å². The first-order chi connectivity index (χ1) is 7.63. The third-order valence-corrected chi connectivity index (χ3v) is 2.93. The third kappa shape index (κ3) is 2.60. The van der Waals surface area contributed by atoms with E-state index in [9.17, 15) is 4.79 Å². The van der Waals surface area contributed by atoms with E-state index < -0.39 is 5.97 Å². The lowest BCUT2D eigenvalue weighted by atomic mass is 10.1. The maximum absolute atomic E-state index is 11.6. The van der Waals surface area contributed by atoms with E-state index >= 15 is 0 Å². The molecule has 2 N–H and O–H groups in total. The van der Waals surface area contributed by atoms with Crippen LogP contribution in [0.3, 0.4) is 0 Å². The Bertz CT molecular complexity index is 452. The summed E-state index contributed by atoms with van der Waals surface area (Å²) in [5, 5.41) is 8.83. The van der Waals surface area contributed by atoms with Gasteiger partial charge in [-0.25, -0.2) is 4.79 Å². The van der Waals surface area contributed by atoms with E-state index in [1.165, 1.54) is 6.07 Å². The summed E-state index contributed by atoms with van der Waals surface area (Å²) in [7, 11) is 0. The highest BCUT2D eigenvalue weighted by atomic mass is 79.9. The van der Waals surface area contributed by atoms with Crippen molar-refractivity contribution in [2.24, 2.45) is 5.73 Å². The zero-order chi connectivity index (χ0) is 12.1. The number of nitrogens with zero attached hydrogens (tertiary/aromatic N) is 1. The first-order valence-electron chi connectivity index (χ1n) is 4.73. The highest BCUT2D eigenvalue weighted by Crippen LogP contribution is 2.24. The maximum Gasteiger partial charge on any atom is 0.339 e. The van der Waals surface area contributed by atoms with Crippen LogP contribution in [0.4, 0.5) is 0 Å². The Morgan fingerprint density at radius 1 is 1.62 bits per heavy atom. The molecule has 0 atom stereocenters. The van der Waals surface area contributed by atoms with Crippen molar-refractivity contribution in [2.45, 2.75) is 13.5 Å². The van der Waals surface area contributed by atoms with E-state index in [4.69, 9.17) is 15.7 Å². The number of nitrogens with two attached hydrogens (primary N) is 1. The van der Waals surface area contributed by atoms with Crippen LogP contribution < -0.4 is 5.73 Å². The molecule has 0 unspecified atom stereocenters. The third-order valence-electron chi connectivity index (χ3n) is 1.99. The van der Waals surface area contributed by atoms with E-state index in [1.54, 1.807) is 13.0 Å². The van der Waals surface area contributed by atoms with E-state index in [-0.39, 0.29) is 6.54 Å². The summed E-state index contributed by atoms with van der Waals surface area (Å²) >= 11 is 3.29. The zero-order valence-electron chi connectivity index (χ0n) is 8.79. The monoisotopic (exact) mass is 282 g/mol. The van der Waals surface area contributed by atoms with Crippen LogP contribution in [0.25, 0.3) is 0 Å². The van der Waals surface area contributed by atoms with Crippen LogP contribution in [0.5, 0.6) is 0 Å². The molecule has 16 heavy (non-hydrogen) atoms. The first-order valence-corrected chi connectivity index (χ1v) is 5.53. The predicted octanol–water partition coefficient (Wildman–Crippen LogP) is 1.96. The number of hydrogen-bond donors (Lipinski definition) is 1. The topological polar surface area (TPSA) is 76.1 Å². The Kier molecular flexibility index (Phi) is 4.47. The van der Waals surface area contributed by atoms with Gasteiger partial charge in [0, 0.05) is 11.0 Å². The second kappa shape index (κ2) is 5.64. The summed E-state index contributed by atoms with van der Waals surface area (Å²) in [5.74, 6) is -0.457. The molecule has 0 aromatic heterocycles. The largest absolute Gasteiger partial charge is 0.462 e. The highest BCUT2D eigenvalue weighted by Gasteiger charge is 2.15. The molecule has 0 radical (unpaired) electrons. The lowest BCUT2D eigenvalue weighted by Gasteiger charge is -2.08. The minimum atomic E-state index is -0.457. The lowest BCUT2D eigenvalue weighted by Crippen LogP contribution is -2.09. The molecule has 0 aliphatic heterocycles. The number of hydrogen-bond acceptors (Lipinski definition) is 4. The standard InChI is InChI=1S/C11H11BrN2O2/c1-2-16-11(15)9-4-7(5-13)3-8(6-14)10(9)12/h3-4H,2,6,14H2,1H3. The van der Waals surface area contributed by atoms with Gasteiger partial charge in [0.05, 0.1) is 23.8 Å². The average Bonchev–Trinajstić information content (AvgIpc) is 2.29. The van der Waals surface area contributed by atoms with Gasteiger partial charge in [0.2, 0.25) is 0 Å². The van der Waals surface area contributed by atoms with Crippen LogP contribution in [0.1, 0.15) is 28.4 Å². The number of nitriles is 1. The van der Waals surface area contributed by atoms with E-state index in [0.29, 0.717) is 27.8 Å². The summed E-state index contributed by atoms with van der Waals surface area (Å²) in [5.41, 5.74) is 6.97. The van der Waals surface area contributed by atoms with Gasteiger partial charge >= 0.3 is 5.97 Å². The fraction of sp³-hybridized carbons (Fsp3) is 0.273. The molecule has 1 aromatic rings. The minimum Gasteiger partial charge on any atom is -0.462 e. The Balaban J connectivity index is 3.27. The van der Waals surface area contributed by atoms with Gasteiger partial charge in [0.15, 0.2) is 0 Å². The second-order valence-corrected chi connectivity index (χ2v) is 3.83. The van der Waals surface area contributed by atoms with Crippen LogP contribution in [0.15, 0.2) is 16.6 Å². The molecule has 1 rings (SSSR count). The average molecular weight is 283 g/mol. The molecule has 84 valence electrons. The number of halogens is 1. The molecule has 0 amide bonds. The molecule has 0 aliphatic carbocycles. The van der Waals surface area contributed by atoms with Gasteiger partial charge in [-0.15, -0.1) is 0 Å². The van der Waals surface area contributed by atoms with Crippen molar-refractivity contribution in [3.05, 3.63) is 33.3 Å². The van der Waals surface area contributed by atoms with Crippen molar-refractivity contribution >= 4 is 21.9 Å². The molecule has 5 heteroatoms. The Labute approximate surface area is 102 Å². The van der Waals surface area contributed by atoms with Crippen molar-refractivity contribution in [1.29, 1.82) is 5.26 Å². The highest BCUT2D eigenvalue weighted by molar-refractivity contribution is 9.10. The molecule has 0 bridgehead atoms. The Morgan fingerprint density at radius 3 is 2.81 bits per heavy atom. The maximum atomic E-state index is 11.6. The number of carbonyl (C=O) groups excluding carboxylic acids is 1. The summed E-state index contributed by atoms with van der Waals surface area (Å²) in [4.78, 5) is 11.6. The fourth-order valence-electron chi connectivity index (χ4n) is 1.26. The van der Waals surface area contributed by atoms with Crippen LogP contribution in [-0.2, 0) is 11.3 Å². The molecule has 0 spiro atoms. The van der Waals surface area contributed by atoms with Crippen molar-refractivity contribution in [3.63, 3.8) is 0 Å². The summed E-state index contributed by atoms with van der Waals surface area (Å²) in [6, 6.07) is 5.12. The molecule has 0 aliphatic rings. The second-order valence-electron chi connectivity index (χ2n) is 3.03. The Morgan fingerprint density at radius 2 is 2.31 bits per heavy atom. The summed E-state index contributed by atoms with van der Waals surface area (Å²) in [6.45, 7) is 2.27. The van der Waals surface area contributed by atoms with Gasteiger partial charge in [-0.1, -0.05) is 0 Å². The molecule has 4 nitrogen and oxygen atoms in total. The van der Waals surface area contributed by atoms with Gasteiger partial charge < -0.3 is 10.5 Å². The van der Waals surface area contributed by atoms with Gasteiger partial charge in [-0.3, -0.25) is 0 Å². The molecule has 0 saturated carbocycles. The van der Waals surface area contributed by atoms with Crippen LogP contribution in [0.2, 0.25) is 0 Å². The van der Waals surface area contributed by atoms with Crippen molar-refractivity contribution in [1.82, 2.24) is 0 Å². The Hall–Kier alpha value is -1.38. The fourth-order valence-corrected chi connectivity index (χ4v) is 1.81. The van der Waals surface area contributed by atoms with E-state index in [1.807, 2.05) is 6.07 Å². The molecule has 0 fully saturated rings. The van der Waals surface area contributed by atoms with Crippen LogP contribution in [-0.4, -0.2) is 12.6 Å². The summed E-state index contributed by atoms with van der Waals surface area (Å²) in [6.07, 6.45) is 0. The molecule has 0 saturated heterocycles. The van der Waals surface area contributed by atoms with Crippen molar-refractivity contribution in [3.8, 4) is 6.07 Å². The van der Waals surface area contributed by atoms with Gasteiger partial charge in [-0.2, -0.15) is 5.26 Å². The molecular weight excluding hydrogens is 272 g/mol. The smallest absolute Gasteiger partial charge is 0.339 e. The van der Waals surface area contributed by atoms with Gasteiger partial charge in [0.25, 0.3) is 0 Å². The lowest BCUT2D eigenvalue weighted by molar-refractivity contribution is 0.0525.